The summed E-state index contributed by atoms with van der Waals surface area (Å²) in [7, 11) is 0. The van der Waals surface area contributed by atoms with E-state index in [0.29, 0.717) is 31.2 Å². The number of hydrogen-bond donors (Lipinski definition) is 1. The van der Waals surface area contributed by atoms with Gasteiger partial charge in [-0.2, -0.15) is 0 Å². The third-order valence-electron chi connectivity index (χ3n) is 5.53. The summed E-state index contributed by atoms with van der Waals surface area (Å²) in [5.74, 6) is 0.923. The Bertz CT molecular complexity index is 914. The first-order valence-corrected chi connectivity index (χ1v) is 11.7. The standard InChI is InChI=1S/C22H29N5O3S/c1-15(2)30-18-9-7-16(8-10-18)13-23-20(29)17-5-3-11-26(14-17)21-24-25-22(31-21)27-12-4-6-19(27)28/h7-10,15,17H,3-6,11-14H2,1-2H3,(H,23,29)/t17-/m1/s1. The van der Waals surface area contributed by atoms with E-state index >= 15 is 0 Å². The summed E-state index contributed by atoms with van der Waals surface area (Å²) in [6.45, 7) is 6.67. The summed E-state index contributed by atoms with van der Waals surface area (Å²) in [5.41, 5.74) is 1.04. The van der Waals surface area contributed by atoms with Crippen LogP contribution in [0, 0.1) is 5.92 Å². The number of benzene rings is 1. The molecule has 1 aromatic heterocycles. The lowest BCUT2D eigenvalue weighted by Gasteiger charge is -2.31. The molecule has 0 radical (unpaired) electrons. The predicted octanol–water partition coefficient (Wildman–Crippen LogP) is 2.98. The Labute approximate surface area is 186 Å². The summed E-state index contributed by atoms with van der Waals surface area (Å²) >= 11 is 1.44. The number of hydrogen-bond acceptors (Lipinski definition) is 7. The average molecular weight is 444 g/mol. The van der Waals surface area contributed by atoms with Gasteiger partial charge in [0.2, 0.25) is 22.1 Å². The molecule has 0 unspecified atom stereocenters. The highest BCUT2D eigenvalue weighted by Crippen LogP contribution is 2.32. The number of carbonyl (C=O) groups excluding carboxylic acids is 2. The molecule has 2 aliphatic rings. The van der Waals surface area contributed by atoms with Crippen molar-refractivity contribution in [1.82, 2.24) is 15.5 Å². The van der Waals surface area contributed by atoms with E-state index < -0.39 is 0 Å². The highest BCUT2D eigenvalue weighted by atomic mass is 32.1. The van der Waals surface area contributed by atoms with Crippen LogP contribution in [0.15, 0.2) is 24.3 Å². The minimum absolute atomic E-state index is 0.0617. The third kappa shape index (κ3) is 5.33. The highest BCUT2D eigenvalue weighted by molar-refractivity contribution is 7.19. The van der Waals surface area contributed by atoms with E-state index in [-0.39, 0.29) is 23.8 Å². The number of anilines is 2. The van der Waals surface area contributed by atoms with Crippen LogP contribution in [0.5, 0.6) is 5.75 Å². The van der Waals surface area contributed by atoms with Crippen LogP contribution < -0.4 is 19.9 Å². The Morgan fingerprint density at radius 2 is 1.97 bits per heavy atom. The summed E-state index contributed by atoms with van der Waals surface area (Å²) in [6, 6.07) is 7.82. The van der Waals surface area contributed by atoms with Crippen LogP contribution >= 0.6 is 11.3 Å². The van der Waals surface area contributed by atoms with Gasteiger partial charge in [-0.1, -0.05) is 23.5 Å². The Hall–Kier alpha value is -2.68. The number of nitrogens with one attached hydrogen (secondary N) is 1. The molecule has 0 saturated carbocycles. The van der Waals surface area contributed by atoms with Crippen LogP contribution in [0.1, 0.15) is 45.1 Å². The van der Waals surface area contributed by atoms with Crippen molar-refractivity contribution < 1.29 is 14.3 Å². The van der Waals surface area contributed by atoms with E-state index in [1.54, 1.807) is 4.90 Å². The number of aromatic nitrogens is 2. The van der Waals surface area contributed by atoms with Gasteiger partial charge < -0.3 is 15.0 Å². The van der Waals surface area contributed by atoms with E-state index in [2.05, 4.69) is 20.4 Å². The van der Waals surface area contributed by atoms with Crippen LogP contribution in [-0.4, -0.2) is 47.7 Å². The fraction of sp³-hybridized carbons (Fsp3) is 0.545. The SMILES string of the molecule is CC(C)Oc1ccc(CNC(=O)[C@@H]2CCCN(c3nnc(N4CCCC4=O)s3)C2)cc1. The van der Waals surface area contributed by atoms with E-state index in [4.69, 9.17) is 4.74 Å². The number of piperidine rings is 1. The van der Waals surface area contributed by atoms with Crippen LogP contribution in [0.3, 0.4) is 0 Å². The zero-order chi connectivity index (χ0) is 21.8. The number of rotatable bonds is 7. The predicted molar refractivity (Wildman–Crippen MR) is 120 cm³/mol. The molecule has 1 N–H and O–H groups in total. The van der Waals surface area contributed by atoms with Crippen molar-refractivity contribution in [3.05, 3.63) is 29.8 Å². The lowest BCUT2D eigenvalue weighted by Crippen LogP contribution is -2.43. The van der Waals surface area contributed by atoms with E-state index in [1.165, 1.54) is 11.3 Å². The number of carbonyl (C=O) groups is 2. The summed E-state index contributed by atoms with van der Waals surface area (Å²) in [6.07, 6.45) is 3.37. The first-order valence-electron chi connectivity index (χ1n) is 10.9. The third-order valence-corrected chi connectivity index (χ3v) is 6.54. The molecule has 4 rings (SSSR count). The van der Waals surface area contributed by atoms with Crippen molar-refractivity contribution in [2.45, 2.75) is 52.2 Å². The lowest BCUT2D eigenvalue weighted by atomic mass is 9.97. The van der Waals surface area contributed by atoms with Crippen LogP contribution in [0.4, 0.5) is 10.3 Å². The van der Waals surface area contributed by atoms with Crippen molar-refractivity contribution in [3.63, 3.8) is 0 Å². The van der Waals surface area contributed by atoms with Gasteiger partial charge in [0.15, 0.2) is 0 Å². The minimum atomic E-state index is -0.0851. The minimum Gasteiger partial charge on any atom is -0.491 e. The van der Waals surface area contributed by atoms with Crippen LogP contribution in [-0.2, 0) is 16.1 Å². The molecule has 9 heteroatoms. The Morgan fingerprint density at radius 3 is 2.68 bits per heavy atom. The van der Waals surface area contributed by atoms with E-state index in [9.17, 15) is 9.59 Å². The maximum Gasteiger partial charge on any atom is 0.228 e. The summed E-state index contributed by atoms with van der Waals surface area (Å²) in [4.78, 5) is 28.6. The second-order valence-electron chi connectivity index (χ2n) is 8.33. The Kier molecular flexibility index (Phi) is 6.70. The average Bonchev–Trinajstić information content (AvgIpc) is 3.41. The van der Waals surface area contributed by atoms with Gasteiger partial charge in [0, 0.05) is 32.6 Å². The molecule has 2 saturated heterocycles. The lowest BCUT2D eigenvalue weighted by molar-refractivity contribution is -0.125. The molecule has 2 aliphatic heterocycles. The Balaban J connectivity index is 1.30. The van der Waals surface area contributed by atoms with Gasteiger partial charge in [-0.25, -0.2) is 0 Å². The summed E-state index contributed by atoms with van der Waals surface area (Å²) in [5, 5.41) is 13.0. The van der Waals surface area contributed by atoms with E-state index in [0.717, 1.165) is 42.3 Å². The van der Waals surface area contributed by atoms with Crippen molar-refractivity contribution in [2.24, 2.45) is 5.92 Å². The number of amides is 2. The van der Waals surface area contributed by atoms with Gasteiger partial charge in [0.05, 0.1) is 12.0 Å². The molecule has 0 spiro atoms. The number of ether oxygens (including phenoxy) is 1. The molecular formula is C22H29N5O3S. The molecule has 1 aromatic carbocycles. The van der Waals surface area contributed by atoms with Gasteiger partial charge in [0.1, 0.15) is 5.75 Å². The molecule has 8 nitrogen and oxygen atoms in total. The van der Waals surface area contributed by atoms with Gasteiger partial charge in [-0.3, -0.25) is 14.5 Å². The van der Waals surface area contributed by atoms with Crippen LogP contribution in [0.25, 0.3) is 0 Å². The van der Waals surface area contributed by atoms with Gasteiger partial charge in [-0.05, 0) is 50.8 Å². The largest absolute Gasteiger partial charge is 0.491 e. The highest BCUT2D eigenvalue weighted by Gasteiger charge is 2.30. The normalized spacial score (nSPS) is 19.2. The van der Waals surface area contributed by atoms with E-state index in [1.807, 2.05) is 38.1 Å². The second kappa shape index (κ2) is 9.64. The molecule has 0 aliphatic carbocycles. The molecule has 1 atom stereocenters. The first-order chi connectivity index (χ1) is 15.0. The van der Waals surface area contributed by atoms with Gasteiger partial charge in [0.25, 0.3) is 0 Å². The number of nitrogens with zero attached hydrogens (tertiary/aromatic N) is 4. The molecule has 2 amide bonds. The Morgan fingerprint density at radius 1 is 1.19 bits per heavy atom. The zero-order valence-corrected chi connectivity index (χ0v) is 18.9. The zero-order valence-electron chi connectivity index (χ0n) is 18.0. The topological polar surface area (TPSA) is 87.7 Å². The maximum atomic E-state index is 12.8. The van der Waals surface area contributed by atoms with Crippen molar-refractivity contribution in [1.29, 1.82) is 0 Å². The quantitative estimate of drug-likeness (QED) is 0.708. The summed E-state index contributed by atoms with van der Waals surface area (Å²) < 4.78 is 5.66. The van der Waals surface area contributed by atoms with Crippen molar-refractivity contribution in [2.75, 3.05) is 29.4 Å². The molecule has 2 aromatic rings. The van der Waals surface area contributed by atoms with Gasteiger partial charge in [-0.15, -0.1) is 10.2 Å². The maximum absolute atomic E-state index is 12.8. The van der Waals surface area contributed by atoms with Crippen molar-refractivity contribution in [3.8, 4) is 5.75 Å². The molecule has 0 bridgehead atoms. The molecular weight excluding hydrogens is 414 g/mol. The smallest absolute Gasteiger partial charge is 0.228 e. The fourth-order valence-corrected chi connectivity index (χ4v) is 4.88. The van der Waals surface area contributed by atoms with Crippen molar-refractivity contribution >= 4 is 33.4 Å². The van der Waals surface area contributed by atoms with Gasteiger partial charge >= 0.3 is 0 Å². The molecule has 2 fully saturated rings. The first kappa shape index (κ1) is 21.5. The molecule has 3 heterocycles. The fourth-order valence-electron chi connectivity index (χ4n) is 3.95. The molecule has 31 heavy (non-hydrogen) atoms. The van der Waals surface area contributed by atoms with Crippen LogP contribution in [0.2, 0.25) is 0 Å². The monoisotopic (exact) mass is 443 g/mol. The second-order valence-corrected chi connectivity index (χ2v) is 9.26. The molecule has 166 valence electrons.